The Labute approximate surface area is 118 Å². The molecule has 0 saturated carbocycles. The number of amides is 1. The first kappa shape index (κ1) is 14.1. The van der Waals surface area contributed by atoms with Crippen molar-refractivity contribution in [2.45, 2.75) is 39.3 Å². The molecule has 1 aliphatic heterocycles. The van der Waals surface area contributed by atoms with Crippen LogP contribution < -0.4 is 0 Å². The summed E-state index contributed by atoms with van der Waals surface area (Å²) in [7, 11) is 0. The normalized spacial score (nSPS) is 23.2. The standard InChI is InChI=1S/C15H18ClNO2/c1-9(18)12-13(10-5-7-11(16)8-6-10)17(14(12)19)15(2,3)4/h5-8,12-13H,1-4H3/t12-,13-/m1/s1. The average molecular weight is 280 g/mol. The van der Waals surface area contributed by atoms with Crippen LogP contribution in [0, 0.1) is 5.92 Å². The number of β-lactam (4-membered cyclic amide) rings is 1. The second-order valence-corrected chi connectivity index (χ2v) is 6.40. The fourth-order valence-corrected chi connectivity index (χ4v) is 2.76. The molecule has 0 aliphatic carbocycles. The van der Waals surface area contributed by atoms with E-state index in [-0.39, 0.29) is 23.3 Å². The lowest BCUT2D eigenvalue weighted by atomic mass is 9.76. The van der Waals surface area contributed by atoms with Crippen LogP contribution in [-0.2, 0) is 9.59 Å². The molecule has 0 N–H and O–H groups in total. The number of carbonyl (C=O) groups is 2. The summed E-state index contributed by atoms with van der Waals surface area (Å²) in [5, 5.41) is 0.649. The Morgan fingerprint density at radius 1 is 1.21 bits per heavy atom. The predicted octanol–water partition coefficient (Wildman–Crippen LogP) is 3.23. The van der Waals surface area contributed by atoms with Crippen molar-refractivity contribution in [1.82, 2.24) is 4.90 Å². The Hall–Kier alpha value is -1.35. The van der Waals surface area contributed by atoms with Gasteiger partial charge in [-0.15, -0.1) is 0 Å². The van der Waals surface area contributed by atoms with E-state index in [1.165, 1.54) is 6.92 Å². The van der Waals surface area contributed by atoms with Crippen molar-refractivity contribution in [1.29, 1.82) is 0 Å². The molecular weight excluding hydrogens is 262 g/mol. The molecule has 19 heavy (non-hydrogen) atoms. The van der Waals surface area contributed by atoms with Crippen LogP contribution in [0.3, 0.4) is 0 Å². The maximum absolute atomic E-state index is 12.2. The van der Waals surface area contributed by atoms with Crippen LogP contribution in [0.5, 0.6) is 0 Å². The van der Waals surface area contributed by atoms with Crippen molar-refractivity contribution < 1.29 is 9.59 Å². The van der Waals surface area contributed by atoms with E-state index in [2.05, 4.69) is 0 Å². The van der Waals surface area contributed by atoms with E-state index in [1.54, 1.807) is 17.0 Å². The molecule has 1 saturated heterocycles. The first-order valence-corrected chi connectivity index (χ1v) is 6.70. The lowest BCUT2D eigenvalue weighted by Gasteiger charge is -2.53. The van der Waals surface area contributed by atoms with Gasteiger partial charge in [-0.3, -0.25) is 9.59 Å². The van der Waals surface area contributed by atoms with Crippen molar-refractivity contribution >= 4 is 23.3 Å². The van der Waals surface area contributed by atoms with Gasteiger partial charge in [-0.05, 0) is 45.4 Å². The van der Waals surface area contributed by atoms with E-state index in [1.807, 2.05) is 32.9 Å². The Balaban J connectivity index is 2.40. The van der Waals surface area contributed by atoms with Gasteiger partial charge >= 0.3 is 0 Å². The lowest BCUT2D eigenvalue weighted by Crippen LogP contribution is -2.63. The molecule has 1 amide bonds. The van der Waals surface area contributed by atoms with Gasteiger partial charge in [0.15, 0.2) is 0 Å². The molecule has 102 valence electrons. The molecule has 0 bridgehead atoms. The Morgan fingerprint density at radius 2 is 1.74 bits per heavy atom. The third kappa shape index (κ3) is 2.39. The molecule has 3 nitrogen and oxygen atoms in total. The van der Waals surface area contributed by atoms with Gasteiger partial charge in [0.05, 0.1) is 6.04 Å². The van der Waals surface area contributed by atoms with Crippen LogP contribution in [0.4, 0.5) is 0 Å². The quantitative estimate of drug-likeness (QED) is 0.616. The monoisotopic (exact) mass is 279 g/mol. The van der Waals surface area contributed by atoms with Gasteiger partial charge in [0, 0.05) is 10.6 Å². The Morgan fingerprint density at radius 3 is 2.16 bits per heavy atom. The average Bonchev–Trinajstić information content (AvgIpc) is 2.24. The first-order chi connectivity index (χ1) is 8.73. The van der Waals surface area contributed by atoms with Crippen LogP contribution >= 0.6 is 11.6 Å². The number of Topliss-reactive ketones (excluding diaryl/α,β-unsaturated/α-hetero) is 1. The molecule has 2 atom stereocenters. The minimum absolute atomic E-state index is 0.0783. The summed E-state index contributed by atoms with van der Waals surface area (Å²) in [6.07, 6.45) is 0. The number of benzene rings is 1. The largest absolute Gasteiger partial charge is 0.329 e. The zero-order valence-corrected chi connectivity index (χ0v) is 12.4. The van der Waals surface area contributed by atoms with Crippen molar-refractivity contribution in [2.24, 2.45) is 5.92 Å². The number of hydrogen-bond acceptors (Lipinski definition) is 2. The molecule has 0 spiro atoms. The minimum atomic E-state index is -0.555. The highest BCUT2D eigenvalue weighted by Crippen LogP contribution is 2.45. The SMILES string of the molecule is CC(=O)[C@H]1C(=O)N(C(C)(C)C)[C@@H]1c1ccc(Cl)cc1. The molecule has 1 aromatic rings. The molecule has 1 aliphatic rings. The molecule has 1 fully saturated rings. The number of nitrogens with zero attached hydrogens (tertiary/aromatic N) is 1. The summed E-state index contributed by atoms with van der Waals surface area (Å²) in [5.41, 5.74) is 0.659. The number of carbonyl (C=O) groups excluding carboxylic acids is 2. The van der Waals surface area contributed by atoms with Gasteiger partial charge < -0.3 is 4.90 Å². The van der Waals surface area contributed by atoms with Gasteiger partial charge in [-0.2, -0.15) is 0 Å². The van der Waals surface area contributed by atoms with Crippen LogP contribution in [0.25, 0.3) is 0 Å². The summed E-state index contributed by atoms with van der Waals surface area (Å²) in [6, 6.07) is 7.17. The van der Waals surface area contributed by atoms with Crippen LogP contribution in [0.15, 0.2) is 24.3 Å². The Kier molecular flexibility index (Phi) is 3.43. The molecule has 1 aromatic carbocycles. The molecular formula is C15H18ClNO2. The van der Waals surface area contributed by atoms with Gasteiger partial charge in [-0.25, -0.2) is 0 Å². The molecule has 0 aromatic heterocycles. The summed E-state index contributed by atoms with van der Waals surface area (Å²) in [4.78, 5) is 25.6. The summed E-state index contributed by atoms with van der Waals surface area (Å²) >= 11 is 5.88. The summed E-state index contributed by atoms with van der Waals surface area (Å²) in [6.45, 7) is 7.41. The van der Waals surface area contributed by atoms with E-state index in [4.69, 9.17) is 11.6 Å². The number of rotatable bonds is 2. The molecule has 4 heteroatoms. The number of ketones is 1. The van der Waals surface area contributed by atoms with Gasteiger partial charge in [0.25, 0.3) is 0 Å². The van der Waals surface area contributed by atoms with Crippen LogP contribution in [0.2, 0.25) is 5.02 Å². The molecule has 0 radical (unpaired) electrons. The topological polar surface area (TPSA) is 37.4 Å². The molecule has 2 rings (SSSR count). The van der Waals surface area contributed by atoms with Crippen LogP contribution in [0.1, 0.15) is 39.3 Å². The maximum Gasteiger partial charge on any atom is 0.236 e. The third-order valence-electron chi connectivity index (χ3n) is 3.47. The van der Waals surface area contributed by atoms with Crippen molar-refractivity contribution in [3.63, 3.8) is 0 Å². The van der Waals surface area contributed by atoms with Crippen LogP contribution in [-0.4, -0.2) is 22.1 Å². The fraction of sp³-hybridized carbons (Fsp3) is 0.467. The zero-order valence-electron chi connectivity index (χ0n) is 11.6. The summed E-state index contributed by atoms with van der Waals surface area (Å²) in [5.74, 6) is -0.717. The van der Waals surface area contributed by atoms with E-state index in [0.717, 1.165) is 5.56 Å². The van der Waals surface area contributed by atoms with Crippen molar-refractivity contribution in [2.75, 3.05) is 0 Å². The smallest absolute Gasteiger partial charge is 0.236 e. The third-order valence-corrected chi connectivity index (χ3v) is 3.72. The highest BCUT2D eigenvalue weighted by molar-refractivity contribution is 6.30. The van der Waals surface area contributed by atoms with E-state index >= 15 is 0 Å². The number of likely N-dealkylation sites (tertiary alicyclic amines) is 1. The van der Waals surface area contributed by atoms with E-state index < -0.39 is 5.92 Å². The second kappa shape index (κ2) is 4.64. The zero-order chi connectivity index (χ0) is 14.4. The highest BCUT2D eigenvalue weighted by Gasteiger charge is 2.54. The van der Waals surface area contributed by atoms with Gasteiger partial charge in [0.1, 0.15) is 11.7 Å². The predicted molar refractivity (Wildman–Crippen MR) is 75.0 cm³/mol. The highest BCUT2D eigenvalue weighted by atomic mass is 35.5. The number of halogens is 1. The van der Waals surface area contributed by atoms with Gasteiger partial charge in [-0.1, -0.05) is 23.7 Å². The summed E-state index contributed by atoms with van der Waals surface area (Å²) < 4.78 is 0. The first-order valence-electron chi connectivity index (χ1n) is 6.32. The molecule has 0 unspecified atom stereocenters. The van der Waals surface area contributed by atoms with E-state index in [0.29, 0.717) is 5.02 Å². The van der Waals surface area contributed by atoms with Gasteiger partial charge in [0.2, 0.25) is 5.91 Å². The molecule has 1 heterocycles. The minimum Gasteiger partial charge on any atom is -0.329 e. The maximum atomic E-state index is 12.2. The number of hydrogen-bond donors (Lipinski definition) is 0. The second-order valence-electron chi connectivity index (χ2n) is 5.96. The Bertz CT molecular complexity index is 516. The lowest BCUT2D eigenvalue weighted by molar-refractivity contribution is -0.170. The fourth-order valence-electron chi connectivity index (χ4n) is 2.63. The van der Waals surface area contributed by atoms with Crippen molar-refractivity contribution in [3.8, 4) is 0 Å². The van der Waals surface area contributed by atoms with E-state index in [9.17, 15) is 9.59 Å². The van der Waals surface area contributed by atoms with Crippen molar-refractivity contribution in [3.05, 3.63) is 34.9 Å².